The molecule has 1 atom stereocenters. The van der Waals surface area contributed by atoms with Gasteiger partial charge in [0.25, 0.3) is 0 Å². The predicted molar refractivity (Wildman–Crippen MR) is 72.2 cm³/mol. The third kappa shape index (κ3) is 3.65. The van der Waals surface area contributed by atoms with E-state index in [0.29, 0.717) is 6.04 Å². The van der Waals surface area contributed by atoms with E-state index < -0.39 is 0 Å². The summed E-state index contributed by atoms with van der Waals surface area (Å²) >= 11 is 0. The SMILES string of the molecule is COCCN(C(C)C)C1(CN)CCCN(C)C1. The molecule has 102 valence electrons. The van der Waals surface area contributed by atoms with Crippen LogP contribution in [0.25, 0.3) is 0 Å². The zero-order chi connectivity index (χ0) is 12.9. The average molecular weight is 243 g/mol. The molecule has 1 rings (SSSR count). The third-order valence-electron chi connectivity index (χ3n) is 3.90. The van der Waals surface area contributed by atoms with Crippen LogP contribution < -0.4 is 5.73 Å². The number of likely N-dealkylation sites (N-methyl/N-ethyl adjacent to an activating group) is 1. The van der Waals surface area contributed by atoms with Crippen molar-refractivity contribution in [3.05, 3.63) is 0 Å². The minimum absolute atomic E-state index is 0.139. The van der Waals surface area contributed by atoms with E-state index in [1.807, 2.05) is 0 Å². The lowest BCUT2D eigenvalue weighted by molar-refractivity contribution is -0.00999. The Morgan fingerprint density at radius 3 is 2.65 bits per heavy atom. The Morgan fingerprint density at radius 1 is 1.47 bits per heavy atom. The molecule has 1 aliphatic rings. The number of nitrogens with zero attached hydrogens (tertiary/aromatic N) is 2. The molecule has 0 spiro atoms. The second-order valence-corrected chi connectivity index (χ2v) is 5.55. The molecule has 0 saturated carbocycles. The number of hydrogen-bond acceptors (Lipinski definition) is 4. The van der Waals surface area contributed by atoms with Gasteiger partial charge in [-0.25, -0.2) is 0 Å². The minimum Gasteiger partial charge on any atom is -0.383 e. The molecule has 17 heavy (non-hydrogen) atoms. The summed E-state index contributed by atoms with van der Waals surface area (Å²) in [5, 5.41) is 0. The second kappa shape index (κ2) is 6.69. The Balaban J connectivity index is 2.78. The van der Waals surface area contributed by atoms with E-state index in [-0.39, 0.29) is 5.54 Å². The van der Waals surface area contributed by atoms with Crippen molar-refractivity contribution in [2.45, 2.75) is 38.3 Å². The molecule has 0 aromatic heterocycles. The molecule has 0 amide bonds. The standard InChI is InChI=1S/C13H29N3O/c1-12(2)16(8-9-17-4)13(10-14)6-5-7-15(3)11-13/h12H,5-11,14H2,1-4H3. The molecular formula is C13H29N3O. The summed E-state index contributed by atoms with van der Waals surface area (Å²) < 4.78 is 5.23. The zero-order valence-corrected chi connectivity index (χ0v) is 11.9. The molecule has 1 fully saturated rings. The van der Waals surface area contributed by atoms with Gasteiger partial charge >= 0.3 is 0 Å². The van der Waals surface area contributed by atoms with E-state index >= 15 is 0 Å². The van der Waals surface area contributed by atoms with Gasteiger partial charge in [-0.3, -0.25) is 4.90 Å². The largest absolute Gasteiger partial charge is 0.383 e. The molecule has 0 radical (unpaired) electrons. The monoisotopic (exact) mass is 243 g/mol. The van der Waals surface area contributed by atoms with E-state index in [0.717, 1.165) is 26.2 Å². The molecular weight excluding hydrogens is 214 g/mol. The summed E-state index contributed by atoms with van der Waals surface area (Å²) in [4.78, 5) is 4.94. The summed E-state index contributed by atoms with van der Waals surface area (Å²) in [5.41, 5.74) is 6.24. The third-order valence-corrected chi connectivity index (χ3v) is 3.90. The first-order chi connectivity index (χ1) is 8.05. The number of hydrogen-bond donors (Lipinski definition) is 1. The van der Waals surface area contributed by atoms with Crippen LogP contribution in [0.1, 0.15) is 26.7 Å². The molecule has 1 aliphatic heterocycles. The highest BCUT2D eigenvalue weighted by atomic mass is 16.5. The normalized spacial score (nSPS) is 27.0. The molecule has 1 heterocycles. The van der Waals surface area contributed by atoms with Gasteiger partial charge in [0.2, 0.25) is 0 Å². The van der Waals surface area contributed by atoms with Crippen molar-refractivity contribution in [2.75, 3.05) is 46.9 Å². The Kier molecular flexibility index (Phi) is 5.86. The van der Waals surface area contributed by atoms with E-state index in [9.17, 15) is 0 Å². The maximum atomic E-state index is 6.10. The van der Waals surface area contributed by atoms with Crippen LogP contribution in [0.3, 0.4) is 0 Å². The Labute approximate surface area is 106 Å². The van der Waals surface area contributed by atoms with Gasteiger partial charge in [-0.1, -0.05) is 0 Å². The Morgan fingerprint density at radius 2 is 2.18 bits per heavy atom. The summed E-state index contributed by atoms with van der Waals surface area (Å²) in [6.45, 7) is 9.26. The Bertz CT molecular complexity index is 223. The van der Waals surface area contributed by atoms with Crippen molar-refractivity contribution < 1.29 is 4.74 Å². The van der Waals surface area contributed by atoms with E-state index in [1.165, 1.54) is 19.4 Å². The van der Waals surface area contributed by atoms with Gasteiger partial charge in [0.1, 0.15) is 0 Å². The molecule has 4 heteroatoms. The van der Waals surface area contributed by atoms with Gasteiger partial charge in [0, 0.05) is 38.3 Å². The first-order valence-corrected chi connectivity index (χ1v) is 6.70. The van der Waals surface area contributed by atoms with Crippen molar-refractivity contribution in [2.24, 2.45) is 5.73 Å². The number of ether oxygens (including phenoxy) is 1. The van der Waals surface area contributed by atoms with Gasteiger partial charge < -0.3 is 15.4 Å². The highest BCUT2D eigenvalue weighted by Crippen LogP contribution is 2.28. The summed E-state index contributed by atoms with van der Waals surface area (Å²) in [5.74, 6) is 0. The molecule has 1 saturated heterocycles. The van der Waals surface area contributed by atoms with Crippen molar-refractivity contribution >= 4 is 0 Å². The number of nitrogens with two attached hydrogens (primary N) is 1. The van der Waals surface area contributed by atoms with E-state index in [2.05, 4.69) is 30.7 Å². The highest BCUT2D eigenvalue weighted by Gasteiger charge is 2.39. The molecule has 1 unspecified atom stereocenters. The quantitative estimate of drug-likeness (QED) is 0.748. The minimum atomic E-state index is 0.139. The zero-order valence-electron chi connectivity index (χ0n) is 11.9. The van der Waals surface area contributed by atoms with Crippen LogP contribution in [-0.4, -0.2) is 68.3 Å². The van der Waals surface area contributed by atoms with Crippen molar-refractivity contribution in [1.82, 2.24) is 9.80 Å². The summed E-state index contributed by atoms with van der Waals surface area (Å²) in [7, 11) is 3.96. The van der Waals surface area contributed by atoms with Gasteiger partial charge in [-0.05, 0) is 40.3 Å². The molecule has 0 aromatic carbocycles. The lowest BCUT2D eigenvalue weighted by Crippen LogP contribution is -2.64. The van der Waals surface area contributed by atoms with Crippen molar-refractivity contribution in [3.8, 4) is 0 Å². The number of likely N-dealkylation sites (tertiary alicyclic amines) is 1. The number of methoxy groups -OCH3 is 1. The topological polar surface area (TPSA) is 41.7 Å². The lowest BCUT2D eigenvalue weighted by Gasteiger charge is -2.50. The fraction of sp³-hybridized carbons (Fsp3) is 1.00. The molecule has 4 nitrogen and oxygen atoms in total. The van der Waals surface area contributed by atoms with E-state index in [1.54, 1.807) is 7.11 Å². The number of rotatable bonds is 6. The van der Waals surface area contributed by atoms with Crippen LogP contribution >= 0.6 is 0 Å². The molecule has 0 bridgehead atoms. The second-order valence-electron chi connectivity index (χ2n) is 5.55. The average Bonchev–Trinajstić information content (AvgIpc) is 2.29. The predicted octanol–water partition coefficient (Wildman–Crippen LogP) is 0.766. The number of piperidine rings is 1. The maximum Gasteiger partial charge on any atom is 0.0590 e. The van der Waals surface area contributed by atoms with Crippen LogP contribution in [0.2, 0.25) is 0 Å². The fourth-order valence-electron chi connectivity index (χ4n) is 3.09. The van der Waals surface area contributed by atoms with Crippen LogP contribution in [0.15, 0.2) is 0 Å². The van der Waals surface area contributed by atoms with Crippen molar-refractivity contribution in [1.29, 1.82) is 0 Å². The summed E-state index contributed by atoms with van der Waals surface area (Å²) in [6, 6.07) is 0.514. The van der Waals surface area contributed by atoms with E-state index in [4.69, 9.17) is 10.5 Å². The summed E-state index contributed by atoms with van der Waals surface area (Å²) in [6.07, 6.45) is 2.44. The Hall–Kier alpha value is -0.160. The van der Waals surface area contributed by atoms with Crippen LogP contribution in [0.4, 0.5) is 0 Å². The first kappa shape index (κ1) is 14.9. The van der Waals surface area contributed by atoms with Crippen molar-refractivity contribution in [3.63, 3.8) is 0 Å². The molecule has 0 aromatic rings. The highest BCUT2D eigenvalue weighted by molar-refractivity contribution is 4.98. The van der Waals surface area contributed by atoms with Crippen LogP contribution in [0, 0.1) is 0 Å². The molecule has 0 aliphatic carbocycles. The maximum absolute atomic E-state index is 6.10. The first-order valence-electron chi connectivity index (χ1n) is 6.70. The van der Waals surface area contributed by atoms with Gasteiger partial charge in [0.05, 0.1) is 6.61 Å². The molecule has 2 N–H and O–H groups in total. The van der Waals surface area contributed by atoms with Crippen LogP contribution in [0.5, 0.6) is 0 Å². The smallest absolute Gasteiger partial charge is 0.0590 e. The van der Waals surface area contributed by atoms with Crippen LogP contribution in [-0.2, 0) is 4.74 Å². The van der Waals surface area contributed by atoms with Gasteiger partial charge in [-0.15, -0.1) is 0 Å². The lowest BCUT2D eigenvalue weighted by atomic mass is 9.86. The van der Waals surface area contributed by atoms with Gasteiger partial charge in [0.15, 0.2) is 0 Å². The fourth-order valence-corrected chi connectivity index (χ4v) is 3.09. The van der Waals surface area contributed by atoms with Gasteiger partial charge in [-0.2, -0.15) is 0 Å².